The van der Waals surface area contributed by atoms with Crippen LogP contribution in [0.3, 0.4) is 0 Å². The van der Waals surface area contributed by atoms with E-state index < -0.39 is 16.1 Å². The molecule has 1 aromatic carbocycles. The van der Waals surface area contributed by atoms with Crippen molar-refractivity contribution in [2.24, 2.45) is 0 Å². The minimum absolute atomic E-state index is 0.184. The Morgan fingerprint density at radius 2 is 2.00 bits per heavy atom. The number of hydrogen-bond acceptors (Lipinski definition) is 3. The van der Waals surface area contributed by atoms with Crippen molar-refractivity contribution >= 4 is 15.9 Å². The van der Waals surface area contributed by atoms with E-state index in [4.69, 9.17) is 0 Å². The number of nitrogens with zero attached hydrogens (tertiary/aromatic N) is 1. The summed E-state index contributed by atoms with van der Waals surface area (Å²) in [5.74, 6) is -0.184. The highest BCUT2D eigenvalue weighted by Crippen LogP contribution is 2.19. The number of hydrogen-bond donors (Lipinski definition) is 1. The van der Waals surface area contributed by atoms with Crippen LogP contribution in [0, 0.1) is 0 Å². The van der Waals surface area contributed by atoms with E-state index >= 15 is 0 Å². The molecule has 1 fully saturated rings. The van der Waals surface area contributed by atoms with Gasteiger partial charge in [-0.3, -0.25) is 4.79 Å². The molecule has 5 nitrogen and oxygen atoms in total. The van der Waals surface area contributed by atoms with Crippen molar-refractivity contribution in [3.8, 4) is 0 Å². The zero-order chi connectivity index (χ0) is 15.3. The molecule has 2 rings (SSSR count). The number of sulfonamides is 1. The summed E-state index contributed by atoms with van der Waals surface area (Å²) < 4.78 is 24.8. The highest BCUT2D eigenvalue weighted by atomic mass is 32.2. The summed E-state index contributed by atoms with van der Waals surface area (Å²) >= 11 is 0. The largest absolute Gasteiger partial charge is 0.354 e. The molecule has 1 aliphatic rings. The van der Waals surface area contributed by atoms with Gasteiger partial charge in [0.05, 0.1) is 6.26 Å². The van der Waals surface area contributed by atoms with Crippen LogP contribution in [0.4, 0.5) is 0 Å². The lowest BCUT2D eigenvalue weighted by Crippen LogP contribution is -2.51. The van der Waals surface area contributed by atoms with Gasteiger partial charge in [-0.05, 0) is 24.8 Å². The highest BCUT2D eigenvalue weighted by Gasteiger charge is 2.34. The molecule has 0 aliphatic carbocycles. The molecule has 6 heteroatoms. The van der Waals surface area contributed by atoms with Gasteiger partial charge < -0.3 is 5.32 Å². The van der Waals surface area contributed by atoms with Gasteiger partial charge in [0.15, 0.2) is 0 Å². The minimum atomic E-state index is -3.32. The maximum Gasteiger partial charge on any atom is 0.238 e. The van der Waals surface area contributed by atoms with Crippen molar-refractivity contribution in [1.29, 1.82) is 0 Å². The zero-order valence-corrected chi connectivity index (χ0v) is 13.1. The summed E-state index contributed by atoms with van der Waals surface area (Å²) in [6.45, 7) is 0.965. The molecule has 116 valence electrons. The summed E-state index contributed by atoms with van der Waals surface area (Å²) in [6, 6.07) is 9.34. The van der Waals surface area contributed by atoms with Crippen LogP contribution in [-0.2, 0) is 21.2 Å². The van der Waals surface area contributed by atoms with Crippen molar-refractivity contribution < 1.29 is 13.2 Å². The lowest BCUT2D eigenvalue weighted by atomic mass is 10.0. The fraction of sp³-hybridized carbons (Fsp3) is 0.533. The van der Waals surface area contributed by atoms with Crippen molar-refractivity contribution in [2.75, 3.05) is 19.3 Å². The third-order valence-corrected chi connectivity index (χ3v) is 5.03. The number of carbonyl (C=O) groups excluding carboxylic acids is 1. The SMILES string of the molecule is CS(=O)(=O)N1CCCCC1C(=O)NCCc1ccccc1. The fourth-order valence-corrected chi connectivity index (χ4v) is 3.78. The van der Waals surface area contributed by atoms with Gasteiger partial charge in [0.2, 0.25) is 15.9 Å². The first kappa shape index (κ1) is 16.0. The Hall–Kier alpha value is -1.40. The lowest BCUT2D eigenvalue weighted by Gasteiger charge is -2.32. The van der Waals surface area contributed by atoms with Crippen LogP contribution in [0.5, 0.6) is 0 Å². The Morgan fingerprint density at radius 3 is 2.67 bits per heavy atom. The average molecular weight is 310 g/mol. The predicted octanol–water partition coefficient (Wildman–Crippen LogP) is 1.16. The van der Waals surface area contributed by atoms with E-state index in [-0.39, 0.29) is 5.91 Å². The van der Waals surface area contributed by atoms with Crippen LogP contribution in [0.1, 0.15) is 24.8 Å². The maximum atomic E-state index is 12.2. The number of rotatable bonds is 5. The third kappa shape index (κ3) is 4.54. The molecule has 21 heavy (non-hydrogen) atoms. The van der Waals surface area contributed by atoms with Crippen LogP contribution < -0.4 is 5.32 Å². The fourth-order valence-electron chi connectivity index (χ4n) is 2.66. The predicted molar refractivity (Wildman–Crippen MR) is 82.3 cm³/mol. The molecule has 0 radical (unpaired) electrons. The Labute approximate surface area is 126 Å². The minimum Gasteiger partial charge on any atom is -0.354 e. The number of carbonyl (C=O) groups is 1. The first-order valence-corrected chi connectivity index (χ1v) is 9.12. The molecule has 1 atom stereocenters. The van der Waals surface area contributed by atoms with Crippen molar-refractivity contribution in [1.82, 2.24) is 9.62 Å². The van der Waals surface area contributed by atoms with Crippen LogP contribution in [0.15, 0.2) is 30.3 Å². The molecule has 1 N–H and O–H groups in total. The Morgan fingerprint density at radius 1 is 1.29 bits per heavy atom. The van der Waals surface area contributed by atoms with Gasteiger partial charge in [-0.25, -0.2) is 8.42 Å². The van der Waals surface area contributed by atoms with Crippen molar-refractivity contribution in [2.45, 2.75) is 31.7 Å². The molecule has 0 saturated carbocycles. The van der Waals surface area contributed by atoms with E-state index in [1.54, 1.807) is 0 Å². The normalized spacial score (nSPS) is 20.1. The van der Waals surface area contributed by atoms with Crippen LogP contribution >= 0.6 is 0 Å². The first-order chi connectivity index (χ1) is 9.98. The standard InChI is InChI=1S/C15H22N2O3S/c1-21(19,20)17-12-6-5-9-14(17)15(18)16-11-10-13-7-3-2-4-8-13/h2-4,7-8,14H,5-6,9-12H2,1H3,(H,16,18). The van der Waals surface area contributed by atoms with Crippen LogP contribution in [0.2, 0.25) is 0 Å². The lowest BCUT2D eigenvalue weighted by molar-refractivity contribution is -0.125. The van der Waals surface area contributed by atoms with Gasteiger partial charge in [-0.2, -0.15) is 4.31 Å². The van der Waals surface area contributed by atoms with Gasteiger partial charge >= 0.3 is 0 Å². The summed E-state index contributed by atoms with van der Waals surface area (Å²) in [5.41, 5.74) is 1.15. The second kappa shape index (κ2) is 7.04. The van der Waals surface area contributed by atoms with E-state index in [9.17, 15) is 13.2 Å². The van der Waals surface area contributed by atoms with Crippen LogP contribution in [-0.4, -0.2) is 44.0 Å². The van der Waals surface area contributed by atoms with Crippen LogP contribution in [0.25, 0.3) is 0 Å². The molecular formula is C15H22N2O3S. The van der Waals surface area contributed by atoms with E-state index in [1.807, 2.05) is 30.3 Å². The summed E-state index contributed by atoms with van der Waals surface area (Å²) in [7, 11) is -3.32. The van der Waals surface area contributed by atoms with Gasteiger partial charge in [0, 0.05) is 13.1 Å². The Bertz CT molecular complexity index is 572. The third-order valence-electron chi connectivity index (χ3n) is 3.74. The zero-order valence-electron chi connectivity index (χ0n) is 12.3. The smallest absolute Gasteiger partial charge is 0.238 e. The molecule has 1 saturated heterocycles. The molecule has 1 amide bonds. The van der Waals surface area contributed by atoms with Gasteiger partial charge in [-0.1, -0.05) is 36.8 Å². The van der Waals surface area contributed by atoms with Gasteiger partial charge in [0.1, 0.15) is 6.04 Å². The number of amides is 1. The molecule has 0 aromatic heterocycles. The van der Waals surface area contributed by atoms with Gasteiger partial charge in [-0.15, -0.1) is 0 Å². The molecule has 1 aromatic rings. The monoisotopic (exact) mass is 310 g/mol. The average Bonchev–Trinajstić information content (AvgIpc) is 2.47. The van der Waals surface area contributed by atoms with E-state index in [2.05, 4.69) is 5.32 Å². The van der Waals surface area contributed by atoms with Crippen molar-refractivity contribution in [3.63, 3.8) is 0 Å². The number of benzene rings is 1. The molecule has 0 spiro atoms. The Kier molecular flexibility index (Phi) is 5.36. The number of piperidine rings is 1. The number of nitrogens with one attached hydrogen (secondary N) is 1. The van der Waals surface area contributed by atoms with E-state index in [0.29, 0.717) is 19.5 Å². The quantitative estimate of drug-likeness (QED) is 0.887. The molecule has 0 bridgehead atoms. The highest BCUT2D eigenvalue weighted by molar-refractivity contribution is 7.88. The molecule has 1 aliphatic heterocycles. The summed E-state index contributed by atoms with van der Waals surface area (Å²) in [6.07, 6.45) is 4.23. The maximum absolute atomic E-state index is 12.2. The second-order valence-corrected chi connectivity index (χ2v) is 7.35. The summed E-state index contributed by atoms with van der Waals surface area (Å²) in [5, 5.41) is 2.86. The van der Waals surface area contributed by atoms with E-state index in [0.717, 1.165) is 24.8 Å². The van der Waals surface area contributed by atoms with E-state index in [1.165, 1.54) is 10.6 Å². The molecule has 1 unspecified atom stereocenters. The second-order valence-electron chi connectivity index (χ2n) is 5.41. The van der Waals surface area contributed by atoms with Gasteiger partial charge in [0.25, 0.3) is 0 Å². The first-order valence-electron chi connectivity index (χ1n) is 7.27. The Balaban J connectivity index is 1.89. The molecule has 1 heterocycles. The topological polar surface area (TPSA) is 66.5 Å². The molecular weight excluding hydrogens is 288 g/mol. The van der Waals surface area contributed by atoms with Crippen molar-refractivity contribution in [3.05, 3.63) is 35.9 Å². The summed E-state index contributed by atoms with van der Waals surface area (Å²) in [4.78, 5) is 12.2.